The summed E-state index contributed by atoms with van der Waals surface area (Å²) in [6.45, 7) is 2.26. The second-order valence-corrected chi connectivity index (χ2v) is 6.81. The highest BCUT2D eigenvalue weighted by atomic mass is 14.6. The van der Waals surface area contributed by atoms with Gasteiger partial charge < -0.3 is 5.73 Å². The maximum absolute atomic E-state index is 6.34. The Morgan fingerprint density at radius 3 is 2.29 bits per heavy atom. The van der Waals surface area contributed by atoms with Crippen molar-refractivity contribution in [3.8, 4) is 0 Å². The molecule has 1 aliphatic carbocycles. The van der Waals surface area contributed by atoms with Crippen LogP contribution in [0, 0.1) is 0 Å². The van der Waals surface area contributed by atoms with Crippen molar-refractivity contribution < 1.29 is 0 Å². The third-order valence-electron chi connectivity index (χ3n) is 5.06. The Labute approximate surface area is 131 Å². The van der Waals surface area contributed by atoms with E-state index in [9.17, 15) is 0 Å². The Bertz CT molecular complexity index is 375. The third kappa shape index (κ3) is 5.47. The fourth-order valence-corrected chi connectivity index (χ4v) is 3.59. The zero-order valence-electron chi connectivity index (χ0n) is 13.8. The lowest BCUT2D eigenvalue weighted by Gasteiger charge is -2.22. The van der Waals surface area contributed by atoms with Crippen molar-refractivity contribution in [1.29, 1.82) is 0 Å². The summed E-state index contributed by atoms with van der Waals surface area (Å²) in [6.07, 6.45) is 14.8. The summed E-state index contributed by atoms with van der Waals surface area (Å²) in [6, 6.07) is 9.46. The van der Waals surface area contributed by atoms with Crippen LogP contribution in [0.15, 0.2) is 24.3 Å². The number of hydrogen-bond acceptors (Lipinski definition) is 1. The quantitative estimate of drug-likeness (QED) is 0.575. The van der Waals surface area contributed by atoms with Gasteiger partial charge in [0.1, 0.15) is 0 Å². The summed E-state index contributed by atoms with van der Waals surface area (Å²) >= 11 is 0. The van der Waals surface area contributed by atoms with E-state index in [4.69, 9.17) is 5.73 Å². The Hall–Kier alpha value is -0.820. The molecule has 0 saturated heterocycles. The van der Waals surface area contributed by atoms with Crippen molar-refractivity contribution >= 4 is 0 Å². The van der Waals surface area contributed by atoms with Gasteiger partial charge in [0.15, 0.2) is 0 Å². The van der Waals surface area contributed by atoms with Crippen LogP contribution in [0.1, 0.15) is 101 Å². The van der Waals surface area contributed by atoms with Gasteiger partial charge in [0.2, 0.25) is 0 Å². The van der Waals surface area contributed by atoms with Crippen LogP contribution in [0.25, 0.3) is 0 Å². The molecule has 0 bridgehead atoms. The molecule has 2 rings (SSSR count). The minimum absolute atomic E-state index is 0.229. The lowest BCUT2D eigenvalue weighted by molar-refractivity contribution is 0.443. The molecule has 0 spiro atoms. The fraction of sp³-hybridized carbons (Fsp3) is 0.700. The SMILES string of the molecule is CCCCCCCC(N)c1ccc(C2CCCCC2)cc1. The van der Waals surface area contributed by atoms with E-state index in [1.807, 2.05) is 0 Å². The number of rotatable bonds is 8. The van der Waals surface area contributed by atoms with Crippen molar-refractivity contribution in [2.75, 3.05) is 0 Å². The molecule has 1 aromatic rings. The molecular weight excluding hydrogens is 254 g/mol. The van der Waals surface area contributed by atoms with Crippen LogP contribution in [0.2, 0.25) is 0 Å². The Morgan fingerprint density at radius 2 is 1.62 bits per heavy atom. The van der Waals surface area contributed by atoms with E-state index >= 15 is 0 Å². The molecule has 1 aliphatic rings. The molecule has 1 nitrogen and oxygen atoms in total. The standard InChI is InChI=1S/C20H33N/c1-2-3-4-5-9-12-20(21)19-15-13-18(14-16-19)17-10-7-6-8-11-17/h13-17,20H,2-12,21H2,1H3. The van der Waals surface area contributed by atoms with Crippen molar-refractivity contribution in [3.63, 3.8) is 0 Å². The molecule has 0 heterocycles. The average molecular weight is 287 g/mol. The van der Waals surface area contributed by atoms with Crippen molar-refractivity contribution in [2.24, 2.45) is 5.73 Å². The lowest BCUT2D eigenvalue weighted by Crippen LogP contribution is -2.10. The molecule has 0 aromatic heterocycles. The first-order chi connectivity index (χ1) is 10.3. The third-order valence-corrected chi connectivity index (χ3v) is 5.06. The predicted molar refractivity (Wildman–Crippen MR) is 92.6 cm³/mol. The van der Waals surface area contributed by atoms with Gasteiger partial charge >= 0.3 is 0 Å². The van der Waals surface area contributed by atoms with Gasteiger partial charge in [-0.25, -0.2) is 0 Å². The first-order valence-electron chi connectivity index (χ1n) is 9.16. The van der Waals surface area contributed by atoms with Gasteiger partial charge in [-0.05, 0) is 36.3 Å². The maximum Gasteiger partial charge on any atom is 0.0294 e. The first-order valence-corrected chi connectivity index (χ1v) is 9.16. The zero-order chi connectivity index (χ0) is 14.9. The Morgan fingerprint density at radius 1 is 0.952 bits per heavy atom. The molecule has 1 atom stereocenters. The molecule has 118 valence electrons. The van der Waals surface area contributed by atoms with Crippen LogP contribution in [-0.2, 0) is 0 Å². The minimum atomic E-state index is 0.229. The summed E-state index contributed by atoms with van der Waals surface area (Å²) in [5.41, 5.74) is 9.20. The Kier molecular flexibility index (Phi) is 7.29. The summed E-state index contributed by atoms with van der Waals surface area (Å²) in [7, 11) is 0. The molecule has 0 radical (unpaired) electrons. The van der Waals surface area contributed by atoms with E-state index in [1.165, 1.54) is 75.3 Å². The number of hydrogen-bond donors (Lipinski definition) is 1. The van der Waals surface area contributed by atoms with E-state index in [2.05, 4.69) is 31.2 Å². The molecule has 1 heteroatoms. The largest absolute Gasteiger partial charge is 0.324 e. The van der Waals surface area contributed by atoms with Crippen molar-refractivity contribution in [3.05, 3.63) is 35.4 Å². The van der Waals surface area contributed by atoms with E-state index in [0.29, 0.717) is 0 Å². The summed E-state index contributed by atoms with van der Waals surface area (Å²) in [5, 5.41) is 0. The molecule has 1 saturated carbocycles. The van der Waals surface area contributed by atoms with E-state index < -0.39 is 0 Å². The highest BCUT2D eigenvalue weighted by Gasteiger charge is 2.15. The average Bonchev–Trinajstić information content (AvgIpc) is 2.55. The zero-order valence-corrected chi connectivity index (χ0v) is 13.8. The molecular formula is C20H33N. The molecule has 21 heavy (non-hydrogen) atoms. The second-order valence-electron chi connectivity index (χ2n) is 6.81. The number of unbranched alkanes of at least 4 members (excludes halogenated alkanes) is 4. The molecule has 0 amide bonds. The van der Waals surface area contributed by atoms with Crippen LogP contribution in [0.4, 0.5) is 0 Å². The molecule has 1 fully saturated rings. The lowest BCUT2D eigenvalue weighted by atomic mass is 9.83. The van der Waals surface area contributed by atoms with Crippen molar-refractivity contribution in [1.82, 2.24) is 0 Å². The van der Waals surface area contributed by atoms with Crippen LogP contribution in [0.5, 0.6) is 0 Å². The second kappa shape index (κ2) is 9.25. The van der Waals surface area contributed by atoms with E-state index in [0.717, 1.165) is 12.3 Å². The topological polar surface area (TPSA) is 26.0 Å². The summed E-state index contributed by atoms with van der Waals surface area (Å²) in [4.78, 5) is 0. The number of benzene rings is 1. The van der Waals surface area contributed by atoms with Crippen LogP contribution >= 0.6 is 0 Å². The molecule has 1 aromatic carbocycles. The number of nitrogens with two attached hydrogens (primary N) is 1. The van der Waals surface area contributed by atoms with Gasteiger partial charge in [-0.3, -0.25) is 0 Å². The highest BCUT2D eigenvalue weighted by molar-refractivity contribution is 5.27. The smallest absolute Gasteiger partial charge is 0.0294 e. The first kappa shape index (κ1) is 16.5. The van der Waals surface area contributed by atoms with Gasteiger partial charge in [-0.1, -0.05) is 82.6 Å². The van der Waals surface area contributed by atoms with Crippen LogP contribution in [0.3, 0.4) is 0 Å². The highest BCUT2D eigenvalue weighted by Crippen LogP contribution is 2.33. The minimum Gasteiger partial charge on any atom is -0.324 e. The normalized spacial score (nSPS) is 17.8. The van der Waals surface area contributed by atoms with Gasteiger partial charge in [0.05, 0.1) is 0 Å². The molecule has 0 aliphatic heterocycles. The van der Waals surface area contributed by atoms with Gasteiger partial charge in [0.25, 0.3) is 0 Å². The van der Waals surface area contributed by atoms with E-state index in [1.54, 1.807) is 0 Å². The predicted octanol–water partition coefficient (Wildman–Crippen LogP) is 6.09. The molecule has 2 N–H and O–H groups in total. The Balaban J connectivity index is 1.77. The fourth-order valence-electron chi connectivity index (χ4n) is 3.59. The van der Waals surface area contributed by atoms with Gasteiger partial charge in [0, 0.05) is 6.04 Å². The van der Waals surface area contributed by atoms with Crippen LogP contribution < -0.4 is 5.73 Å². The summed E-state index contributed by atoms with van der Waals surface area (Å²) < 4.78 is 0. The van der Waals surface area contributed by atoms with Gasteiger partial charge in [-0.2, -0.15) is 0 Å². The van der Waals surface area contributed by atoms with Crippen molar-refractivity contribution in [2.45, 2.75) is 89.5 Å². The maximum atomic E-state index is 6.34. The van der Waals surface area contributed by atoms with Gasteiger partial charge in [-0.15, -0.1) is 0 Å². The monoisotopic (exact) mass is 287 g/mol. The van der Waals surface area contributed by atoms with E-state index in [-0.39, 0.29) is 6.04 Å². The summed E-state index contributed by atoms with van der Waals surface area (Å²) in [5.74, 6) is 0.804. The molecule has 1 unspecified atom stereocenters. The van der Waals surface area contributed by atoms with Crippen LogP contribution in [-0.4, -0.2) is 0 Å².